The molecule has 3 heteroatoms. The summed E-state index contributed by atoms with van der Waals surface area (Å²) in [6, 6.07) is 0.332. The molecule has 2 nitrogen and oxygen atoms in total. The van der Waals surface area contributed by atoms with Gasteiger partial charge in [-0.2, -0.15) is 11.8 Å². The number of aliphatic hydroxyl groups excluding tert-OH is 1. The number of hydrogen-bond donors (Lipinski definition) is 2. The number of rotatable bonds is 6. The molecule has 2 atom stereocenters. The third-order valence-corrected chi connectivity index (χ3v) is 5.73. The molecule has 0 spiro atoms. The van der Waals surface area contributed by atoms with Gasteiger partial charge < -0.3 is 10.4 Å². The number of thioether (sulfide) groups is 1. The highest BCUT2D eigenvalue weighted by Gasteiger charge is 2.28. The molecule has 0 radical (unpaired) electrons. The fourth-order valence-electron chi connectivity index (χ4n) is 2.53. The molecule has 1 saturated carbocycles. The van der Waals surface area contributed by atoms with Gasteiger partial charge in [0.15, 0.2) is 0 Å². The molecule has 1 fully saturated rings. The average molecular weight is 245 g/mol. The van der Waals surface area contributed by atoms with Crippen molar-refractivity contribution >= 4 is 11.8 Å². The molecule has 96 valence electrons. The first-order chi connectivity index (χ1) is 7.67. The Morgan fingerprint density at radius 3 is 2.38 bits per heavy atom. The van der Waals surface area contributed by atoms with Crippen LogP contribution < -0.4 is 5.32 Å². The monoisotopic (exact) mass is 245 g/mol. The van der Waals surface area contributed by atoms with E-state index >= 15 is 0 Å². The van der Waals surface area contributed by atoms with Gasteiger partial charge in [0.1, 0.15) is 0 Å². The molecule has 0 bridgehead atoms. The zero-order chi connectivity index (χ0) is 12.0. The second-order valence-electron chi connectivity index (χ2n) is 4.93. The number of nitrogens with one attached hydrogen (secondary N) is 1. The Labute approximate surface area is 105 Å². The molecule has 0 aromatic heterocycles. The van der Waals surface area contributed by atoms with Crippen LogP contribution in [0.2, 0.25) is 0 Å². The van der Waals surface area contributed by atoms with Crippen molar-refractivity contribution < 1.29 is 5.11 Å². The van der Waals surface area contributed by atoms with Gasteiger partial charge in [0, 0.05) is 17.3 Å². The van der Waals surface area contributed by atoms with Gasteiger partial charge in [-0.25, -0.2) is 0 Å². The first-order valence-corrected chi connectivity index (χ1v) is 7.86. The minimum atomic E-state index is -0.123. The fourth-order valence-corrected chi connectivity index (χ4v) is 3.33. The first kappa shape index (κ1) is 14.3. The molecule has 0 aromatic rings. The summed E-state index contributed by atoms with van der Waals surface area (Å²) in [6.07, 6.45) is 9.03. The zero-order valence-corrected chi connectivity index (χ0v) is 11.8. The van der Waals surface area contributed by atoms with Crippen molar-refractivity contribution in [3.63, 3.8) is 0 Å². The van der Waals surface area contributed by atoms with E-state index in [9.17, 15) is 5.11 Å². The van der Waals surface area contributed by atoms with Crippen molar-refractivity contribution in [2.24, 2.45) is 0 Å². The normalized spacial score (nSPS) is 27.0. The Morgan fingerprint density at radius 1 is 1.25 bits per heavy atom. The van der Waals surface area contributed by atoms with Gasteiger partial charge in [-0.05, 0) is 31.9 Å². The van der Waals surface area contributed by atoms with Gasteiger partial charge in [-0.1, -0.05) is 26.7 Å². The lowest BCUT2D eigenvalue weighted by molar-refractivity contribution is 0.0895. The SMILES string of the molecule is CCC(CC)(CN[C@H]1CCCC[C@@H]1O)SC. The van der Waals surface area contributed by atoms with Crippen LogP contribution in [-0.2, 0) is 0 Å². The highest BCUT2D eigenvalue weighted by molar-refractivity contribution is 8.00. The van der Waals surface area contributed by atoms with Gasteiger partial charge in [0.25, 0.3) is 0 Å². The maximum atomic E-state index is 9.91. The quantitative estimate of drug-likeness (QED) is 0.755. The second kappa shape index (κ2) is 6.87. The topological polar surface area (TPSA) is 32.3 Å². The van der Waals surface area contributed by atoms with E-state index in [1.165, 1.54) is 25.7 Å². The summed E-state index contributed by atoms with van der Waals surface area (Å²) in [6.45, 7) is 5.56. The Kier molecular flexibility index (Phi) is 6.16. The van der Waals surface area contributed by atoms with E-state index in [2.05, 4.69) is 25.4 Å². The molecule has 0 heterocycles. The smallest absolute Gasteiger partial charge is 0.0693 e. The molecule has 2 N–H and O–H groups in total. The van der Waals surface area contributed by atoms with Crippen LogP contribution in [0.3, 0.4) is 0 Å². The van der Waals surface area contributed by atoms with Crippen LogP contribution in [0.4, 0.5) is 0 Å². The predicted molar refractivity (Wildman–Crippen MR) is 73.1 cm³/mol. The fraction of sp³-hybridized carbons (Fsp3) is 1.00. The summed E-state index contributed by atoms with van der Waals surface area (Å²) in [7, 11) is 0. The van der Waals surface area contributed by atoms with E-state index in [4.69, 9.17) is 0 Å². The summed E-state index contributed by atoms with van der Waals surface area (Å²) in [5.41, 5.74) is 0. The molecule has 0 aliphatic heterocycles. The largest absolute Gasteiger partial charge is 0.392 e. The lowest BCUT2D eigenvalue weighted by atomic mass is 9.91. The molecular weight excluding hydrogens is 218 g/mol. The summed E-state index contributed by atoms with van der Waals surface area (Å²) in [5.74, 6) is 0. The van der Waals surface area contributed by atoms with Gasteiger partial charge in [-0.15, -0.1) is 0 Å². The molecular formula is C13H27NOS. The maximum absolute atomic E-state index is 9.91. The maximum Gasteiger partial charge on any atom is 0.0693 e. The van der Waals surface area contributed by atoms with Crippen LogP contribution in [-0.4, -0.2) is 34.8 Å². The van der Waals surface area contributed by atoms with Crippen molar-refractivity contribution in [1.29, 1.82) is 0 Å². The summed E-state index contributed by atoms with van der Waals surface area (Å²) in [5, 5.41) is 13.5. The first-order valence-electron chi connectivity index (χ1n) is 6.64. The highest BCUT2D eigenvalue weighted by Crippen LogP contribution is 2.30. The van der Waals surface area contributed by atoms with E-state index in [0.717, 1.165) is 19.4 Å². The Bertz CT molecular complexity index is 186. The van der Waals surface area contributed by atoms with Crippen molar-refractivity contribution in [2.75, 3.05) is 12.8 Å². The molecule has 1 rings (SSSR count). The van der Waals surface area contributed by atoms with Crippen molar-refractivity contribution in [1.82, 2.24) is 5.32 Å². The highest BCUT2D eigenvalue weighted by atomic mass is 32.2. The van der Waals surface area contributed by atoms with Crippen molar-refractivity contribution in [3.05, 3.63) is 0 Å². The van der Waals surface area contributed by atoms with Crippen molar-refractivity contribution in [2.45, 2.75) is 69.3 Å². The van der Waals surface area contributed by atoms with E-state index < -0.39 is 0 Å². The van der Waals surface area contributed by atoms with Crippen LogP contribution in [0, 0.1) is 0 Å². The lowest BCUT2D eigenvalue weighted by Gasteiger charge is -2.35. The average Bonchev–Trinajstić information content (AvgIpc) is 2.34. The van der Waals surface area contributed by atoms with Crippen LogP contribution in [0.1, 0.15) is 52.4 Å². The molecule has 0 aromatic carbocycles. The Balaban J connectivity index is 2.41. The minimum absolute atomic E-state index is 0.123. The van der Waals surface area contributed by atoms with Gasteiger partial charge in [0.2, 0.25) is 0 Å². The summed E-state index contributed by atoms with van der Waals surface area (Å²) >= 11 is 1.96. The molecule has 0 unspecified atom stereocenters. The number of hydrogen-bond acceptors (Lipinski definition) is 3. The molecule has 1 aliphatic rings. The minimum Gasteiger partial charge on any atom is -0.392 e. The third-order valence-electron chi connectivity index (χ3n) is 4.14. The van der Waals surface area contributed by atoms with Crippen LogP contribution >= 0.6 is 11.8 Å². The van der Waals surface area contributed by atoms with Gasteiger partial charge in [0.05, 0.1) is 6.10 Å². The predicted octanol–water partition coefficient (Wildman–Crippen LogP) is 2.80. The van der Waals surface area contributed by atoms with Gasteiger partial charge in [-0.3, -0.25) is 0 Å². The van der Waals surface area contributed by atoms with Crippen molar-refractivity contribution in [3.8, 4) is 0 Å². The molecule has 1 aliphatic carbocycles. The summed E-state index contributed by atoms with van der Waals surface area (Å²) in [4.78, 5) is 0. The Morgan fingerprint density at radius 2 is 1.88 bits per heavy atom. The number of aliphatic hydroxyl groups is 1. The molecule has 0 amide bonds. The van der Waals surface area contributed by atoms with E-state index in [0.29, 0.717) is 10.8 Å². The van der Waals surface area contributed by atoms with Gasteiger partial charge >= 0.3 is 0 Å². The van der Waals surface area contributed by atoms with E-state index in [-0.39, 0.29) is 6.10 Å². The van der Waals surface area contributed by atoms with Crippen LogP contribution in [0.5, 0.6) is 0 Å². The zero-order valence-electron chi connectivity index (χ0n) is 11.0. The van der Waals surface area contributed by atoms with E-state index in [1.807, 2.05) is 11.8 Å². The van der Waals surface area contributed by atoms with E-state index in [1.54, 1.807) is 0 Å². The van der Waals surface area contributed by atoms with Crippen LogP contribution in [0.25, 0.3) is 0 Å². The van der Waals surface area contributed by atoms with Crippen LogP contribution in [0.15, 0.2) is 0 Å². The lowest BCUT2D eigenvalue weighted by Crippen LogP contribution is -2.48. The standard InChI is InChI=1S/C13H27NOS/c1-4-13(5-2,16-3)10-14-11-8-6-7-9-12(11)15/h11-12,14-15H,4-10H2,1-3H3/t11-,12-/m0/s1. The second-order valence-corrected chi connectivity index (χ2v) is 6.21. The molecule has 16 heavy (non-hydrogen) atoms. The Hall–Kier alpha value is 0.270. The molecule has 0 saturated heterocycles. The third kappa shape index (κ3) is 3.64. The summed E-state index contributed by atoms with van der Waals surface area (Å²) < 4.78 is 0.358.